The van der Waals surface area contributed by atoms with Crippen LogP contribution in [0.5, 0.6) is 5.75 Å². The lowest BCUT2D eigenvalue weighted by molar-refractivity contribution is 0.0167. The summed E-state index contributed by atoms with van der Waals surface area (Å²) in [4.78, 5) is 0. The van der Waals surface area contributed by atoms with Crippen molar-refractivity contribution in [1.82, 2.24) is 0 Å². The zero-order chi connectivity index (χ0) is 11.4. The third-order valence-corrected chi connectivity index (χ3v) is 3.30. The number of benzene rings is 1. The molecule has 1 aliphatic rings. The molecular weight excluding hydrogens is 202 g/mol. The summed E-state index contributed by atoms with van der Waals surface area (Å²) in [7, 11) is 0. The van der Waals surface area contributed by atoms with E-state index in [1.165, 1.54) is 6.42 Å². The van der Waals surface area contributed by atoms with Crippen LogP contribution in [0, 0.1) is 0 Å². The summed E-state index contributed by atoms with van der Waals surface area (Å²) in [6, 6.07) is 7.12. The van der Waals surface area contributed by atoms with Crippen LogP contribution in [0.3, 0.4) is 0 Å². The van der Waals surface area contributed by atoms with Crippen molar-refractivity contribution in [1.29, 1.82) is 0 Å². The highest BCUT2D eigenvalue weighted by molar-refractivity contribution is 5.55. The average Bonchev–Trinajstić information content (AvgIpc) is 2.29. The molecule has 16 heavy (non-hydrogen) atoms. The molecule has 1 fully saturated rings. The zero-order valence-electron chi connectivity index (χ0n) is 9.45. The van der Waals surface area contributed by atoms with Gasteiger partial charge in [0.2, 0.25) is 0 Å². The van der Waals surface area contributed by atoms with Crippen molar-refractivity contribution in [2.75, 3.05) is 11.9 Å². The third-order valence-electron chi connectivity index (χ3n) is 3.30. The molecule has 88 valence electrons. The summed E-state index contributed by atoms with van der Waals surface area (Å²) in [5, 5.41) is 23.0. The average molecular weight is 221 g/mol. The summed E-state index contributed by atoms with van der Waals surface area (Å²) >= 11 is 0. The first-order valence-electron chi connectivity index (χ1n) is 5.94. The van der Waals surface area contributed by atoms with Crippen LogP contribution in [0.15, 0.2) is 24.3 Å². The topological polar surface area (TPSA) is 52.5 Å². The van der Waals surface area contributed by atoms with E-state index in [4.69, 9.17) is 0 Å². The molecule has 0 aliphatic heterocycles. The van der Waals surface area contributed by atoms with Gasteiger partial charge in [-0.2, -0.15) is 0 Å². The van der Waals surface area contributed by atoms with Crippen molar-refractivity contribution < 1.29 is 10.2 Å². The van der Waals surface area contributed by atoms with Gasteiger partial charge in [-0.05, 0) is 25.0 Å². The Morgan fingerprint density at radius 3 is 2.50 bits per heavy atom. The Bertz CT molecular complexity index is 346. The normalized spacial score (nSPS) is 19.3. The smallest absolute Gasteiger partial charge is 0.138 e. The van der Waals surface area contributed by atoms with E-state index in [0.29, 0.717) is 12.2 Å². The molecule has 1 aliphatic carbocycles. The maximum atomic E-state index is 10.3. The number of anilines is 1. The fourth-order valence-corrected chi connectivity index (χ4v) is 2.27. The zero-order valence-corrected chi connectivity index (χ0v) is 9.45. The van der Waals surface area contributed by atoms with Crippen molar-refractivity contribution in [3.63, 3.8) is 0 Å². The van der Waals surface area contributed by atoms with Gasteiger partial charge in [0.1, 0.15) is 5.75 Å². The second-order valence-electron chi connectivity index (χ2n) is 4.66. The van der Waals surface area contributed by atoms with Crippen molar-refractivity contribution in [2.45, 2.75) is 37.7 Å². The maximum Gasteiger partial charge on any atom is 0.138 e. The molecule has 0 aromatic heterocycles. The molecule has 0 unspecified atom stereocenters. The van der Waals surface area contributed by atoms with Gasteiger partial charge in [-0.25, -0.2) is 0 Å². The second kappa shape index (κ2) is 4.74. The van der Waals surface area contributed by atoms with Crippen LogP contribution in [0.2, 0.25) is 0 Å². The molecule has 0 heterocycles. The quantitative estimate of drug-likeness (QED) is 0.687. The van der Waals surface area contributed by atoms with Gasteiger partial charge in [0.15, 0.2) is 0 Å². The molecular formula is C13H19NO2. The Morgan fingerprint density at radius 2 is 1.81 bits per heavy atom. The van der Waals surface area contributed by atoms with E-state index in [-0.39, 0.29) is 5.75 Å². The van der Waals surface area contributed by atoms with Crippen LogP contribution in [-0.2, 0) is 0 Å². The molecule has 3 heteroatoms. The van der Waals surface area contributed by atoms with Crippen LogP contribution in [0.4, 0.5) is 5.69 Å². The van der Waals surface area contributed by atoms with Gasteiger partial charge in [-0.15, -0.1) is 0 Å². The minimum Gasteiger partial charge on any atom is -0.506 e. The first kappa shape index (κ1) is 11.3. The summed E-state index contributed by atoms with van der Waals surface area (Å²) < 4.78 is 0. The van der Waals surface area contributed by atoms with Gasteiger partial charge in [-0.1, -0.05) is 31.4 Å². The number of rotatable bonds is 3. The Labute approximate surface area is 96.1 Å². The van der Waals surface area contributed by atoms with Crippen LogP contribution in [0.25, 0.3) is 0 Å². The Balaban J connectivity index is 1.94. The largest absolute Gasteiger partial charge is 0.506 e. The van der Waals surface area contributed by atoms with Gasteiger partial charge < -0.3 is 15.5 Å². The summed E-state index contributed by atoms with van der Waals surface area (Å²) in [5.41, 5.74) is 0.0991. The lowest BCUT2D eigenvalue weighted by Crippen LogP contribution is -2.38. The predicted molar refractivity (Wildman–Crippen MR) is 64.6 cm³/mol. The molecule has 1 aromatic carbocycles. The molecule has 0 spiro atoms. The molecule has 2 rings (SSSR count). The van der Waals surface area contributed by atoms with Crippen molar-refractivity contribution >= 4 is 5.69 Å². The number of hydrogen-bond acceptors (Lipinski definition) is 3. The maximum absolute atomic E-state index is 10.3. The van der Waals surface area contributed by atoms with Crippen LogP contribution >= 0.6 is 0 Å². The fourth-order valence-electron chi connectivity index (χ4n) is 2.27. The number of para-hydroxylation sites is 2. The Kier molecular flexibility index (Phi) is 3.34. The number of aromatic hydroxyl groups is 1. The third kappa shape index (κ3) is 2.67. The number of phenolic OH excluding ortho intramolecular Hbond substituents is 1. The minimum atomic E-state index is -0.597. The van der Waals surface area contributed by atoms with Gasteiger partial charge >= 0.3 is 0 Å². The van der Waals surface area contributed by atoms with E-state index in [9.17, 15) is 10.2 Å². The summed E-state index contributed by atoms with van der Waals surface area (Å²) in [5.74, 6) is 0.238. The Hall–Kier alpha value is -1.22. The van der Waals surface area contributed by atoms with E-state index in [1.54, 1.807) is 12.1 Å². The van der Waals surface area contributed by atoms with E-state index in [2.05, 4.69) is 5.32 Å². The number of nitrogens with one attached hydrogen (secondary N) is 1. The minimum absolute atomic E-state index is 0.238. The van der Waals surface area contributed by atoms with Crippen molar-refractivity contribution in [3.05, 3.63) is 24.3 Å². The molecule has 3 nitrogen and oxygen atoms in total. The summed E-state index contributed by atoms with van der Waals surface area (Å²) in [6.45, 7) is 0.518. The van der Waals surface area contributed by atoms with E-state index in [1.807, 2.05) is 12.1 Å². The molecule has 1 aromatic rings. The van der Waals surface area contributed by atoms with Crippen molar-refractivity contribution in [3.8, 4) is 5.75 Å². The first-order chi connectivity index (χ1) is 7.70. The van der Waals surface area contributed by atoms with Crippen LogP contribution in [-0.4, -0.2) is 22.4 Å². The standard InChI is InChI=1S/C13H19NO2/c15-12-7-3-2-6-11(12)14-10-13(16)8-4-1-5-9-13/h2-3,6-7,14-16H,1,4-5,8-10H2. The molecule has 0 saturated heterocycles. The Morgan fingerprint density at radius 1 is 1.12 bits per heavy atom. The first-order valence-corrected chi connectivity index (χ1v) is 5.94. The van der Waals surface area contributed by atoms with E-state index in [0.717, 1.165) is 25.7 Å². The highest BCUT2D eigenvalue weighted by atomic mass is 16.3. The number of phenols is 1. The highest BCUT2D eigenvalue weighted by Crippen LogP contribution is 2.29. The van der Waals surface area contributed by atoms with E-state index < -0.39 is 5.60 Å². The number of hydrogen-bond donors (Lipinski definition) is 3. The fraction of sp³-hybridized carbons (Fsp3) is 0.538. The summed E-state index contributed by atoms with van der Waals surface area (Å²) in [6.07, 6.45) is 5.12. The van der Waals surface area contributed by atoms with E-state index >= 15 is 0 Å². The lowest BCUT2D eigenvalue weighted by Gasteiger charge is -2.32. The highest BCUT2D eigenvalue weighted by Gasteiger charge is 2.28. The van der Waals surface area contributed by atoms with Crippen LogP contribution in [0.1, 0.15) is 32.1 Å². The SMILES string of the molecule is Oc1ccccc1NCC1(O)CCCCC1. The van der Waals surface area contributed by atoms with Gasteiger partial charge in [0.25, 0.3) is 0 Å². The van der Waals surface area contributed by atoms with Gasteiger partial charge in [0, 0.05) is 6.54 Å². The lowest BCUT2D eigenvalue weighted by atomic mass is 9.85. The molecule has 0 bridgehead atoms. The van der Waals surface area contributed by atoms with Crippen molar-refractivity contribution in [2.24, 2.45) is 0 Å². The predicted octanol–water partition coefficient (Wildman–Crippen LogP) is 2.50. The molecule has 0 atom stereocenters. The second-order valence-corrected chi connectivity index (χ2v) is 4.66. The molecule has 0 radical (unpaired) electrons. The monoisotopic (exact) mass is 221 g/mol. The molecule has 0 amide bonds. The number of aliphatic hydroxyl groups is 1. The molecule has 1 saturated carbocycles. The van der Waals surface area contributed by atoms with Gasteiger partial charge in [0.05, 0.1) is 11.3 Å². The van der Waals surface area contributed by atoms with Crippen LogP contribution < -0.4 is 5.32 Å². The van der Waals surface area contributed by atoms with Gasteiger partial charge in [-0.3, -0.25) is 0 Å². The molecule has 3 N–H and O–H groups in total.